The van der Waals surface area contributed by atoms with Crippen LogP contribution in [0.25, 0.3) is 0 Å². The average Bonchev–Trinajstić information content (AvgIpc) is 2.36. The molecule has 1 N–H and O–H groups in total. The molecule has 1 saturated heterocycles. The molecule has 1 aliphatic heterocycles. The van der Waals surface area contributed by atoms with Gasteiger partial charge in [-0.05, 0) is 18.2 Å². The van der Waals surface area contributed by atoms with E-state index >= 15 is 0 Å². The smallest absolute Gasteiger partial charge is 0.128 e. The number of hydrogen-bond acceptors (Lipinski definition) is 2. The largest absolute Gasteiger partial charge is 0.314 e. The summed E-state index contributed by atoms with van der Waals surface area (Å²) in [5.41, 5.74) is 0.691. The van der Waals surface area contributed by atoms with Crippen molar-refractivity contribution >= 4 is 40.7 Å². The van der Waals surface area contributed by atoms with Crippen LogP contribution >= 0.6 is 40.7 Å². The lowest BCUT2D eigenvalue weighted by atomic mass is 10.0. The van der Waals surface area contributed by atoms with E-state index in [2.05, 4.69) is 32.7 Å². The molecular formula is C13H18BrCl2FN2. The Bertz CT molecular complexity index is 412. The van der Waals surface area contributed by atoms with E-state index in [0.29, 0.717) is 5.56 Å². The molecule has 19 heavy (non-hydrogen) atoms. The highest BCUT2D eigenvalue weighted by molar-refractivity contribution is 9.10. The zero-order valence-corrected chi connectivity index (χ0v) is 13.7. The normalized spacial score (nSPS) is 16.9. The summed E-state index contributed by atoms with van der Waals surface area (Å²) in [5.74, 6) is -0.170. The van der Waals surface area contributed by atoms with Gasteiger partial charge in [0.25, 0.3) is 0 Å². The summed E-state index contributed by atoms with van der Waals surface area (Å²) in [4.78, 5) is 2.24. The molecule has 0 bridgehead atoms. The van der Waals surface area contributed by atoms with Crippen molar-refractivity contribution in [2.45, 2.75) is 6.04 Å². The molecule has 1 fully saturated rings. The fourth-order valence-corrected chi connectivity index (χ4v) is 2.55. The number of hydrogen-bond donors (Lipinski definition) is 1. The molecular weight excluding hydrogens is 354 g/mol. The van der Waals surface area contributed by atoms with Crippen LogP contribution in [0.5, 0.6) is 0 Å². The molecule has 2 nitrogen and oxygen atoms in total. The third kappa shape index (κ3) is 4.72. The first-order valence-corrected chi connectivity index (χ1v) is 6.54. The summed E-state index contributed by atoms with van der Waals surface area (Å²) in [5, 5.41) is 3.29. The third-order valence-electron chi connectivity index (χ3n) is 3.04. The van der Waals surface area contributed by atoms with E-state index in [1.54, 1.807) is 6.07 Å². The fraction of sp³-hybridized carbons (Fsp3) is 0.385. The first kappa shape index (κ1) is 18.9. The van der Waals surface area contributed by atoms with Crippen molar-refractivity contribution in [3.8, 4) is 0 Å². The molecule has 1 atom stereocenters. The molecule has 1 aromatic rings. The van der Waals surface area contributed by atoms with Crippen LogP contribution in [-0.2, 0) is 0 Å². The summed E-state index contributed by atoms with van der Waals surface area (Å²) in [6.45, 7) is 7.57. The van der Waals surface area contributed by atoms with Gasteiger partial charge in [-0.3, -0.25) is 4.90 Å². The summed E-state index contributed by atoms with van der Waals surface area (Å²) >= 11 is 3.39. The van der Waals surface area contributed by atoms with Crippen molar-refractivity contribution < 1.29 is 4.39 Å². The van der Waals surface area contributed by atoms with Crippen molar-refractivity contribution in [2.75, 3.05) is 26.2 Å². The second-order valence-corrected chi connectivity index (χ2v) is 5.05. The Morgan fingerprint density at radius 3 is 2.53 bits per heavy atom. The van der Waals surface area contributed by atoms with E-state index in [-0.39, 0.29) is 36.7 Å². The van der Waals surface area contributed by atoms with E-state index < -0.39 is 0 Å². The summed E-state index contributed by atoms with van der Waals surface area (Å²) in [7, 11) is 0. The Hall–Kier alpha value is -0.130. The Morgan fingerprint density at radius 1 is 1.32 bits per heavy atom. The lowest BCUT2D eigenvalue weighted by Crippen LogP contribution is -2.44. The average molecular weight is 372 g/mol. The maximum atomic E-state index is 13.9. The van der Waals surface area contributed by atoms with E-state index in [4.69, 9.17) is 0 Å². The van der Waals surface area contributed by atoms with Crippen molar-refractivity contribution in [1.82, 2.24) is 10.2 Å². The predicted molar refractivity (Wildman–Crippen MR) is 86.0 cm³/mol. The molecule has 6 heteroatoms. The molecule has 0 unspecified atom stereocenters. The van der Waals surface area contributed by atoms with Gasteiger partial charge in [0.15, 0.2) is 0 Å². The Kier molecular flexibility index (Phi) is 8.86. The summed E-state index contributed by atoms with van der Waals surface area (Å²) < 4.78 is 14.7. The third-order valence-corrected chi connectivity index (χ3v) is 3.54. The maximum absolute atomic E-state index is 13.9. The van der Waals surface area contributed by atoms with Gasteiger partial charge in [-0.2, -0.15) is 0 Å². The molecule has 1 heterocycles. The van der Waals surface area contributed by atoms with Gasteiger partial charge in [-0.15, -0.1) is 31.4 Å². The molecule has 0 amide bonds. The van der Waals surface area contributed by atoms with Crippen LogP contribution in [0.4, 0.5) is 4.39 Å². The van der Waals surface area contributed by atoms with Crippen LogP contribution in [0.1, 0.15) is 11.6 Å². The van der Waals surface area contributed by atoms with Crippen molar-refractivity contribution in [3.05, 3.63) is 46.7 Å². The lowest BCUT2D eigenvalue weighted by Gasteiger charge is -2.33. The van der Waals surface area contributed by atoms with E-state index in [1.165, 1.54) is 6.07 Å². The number of rotatable bonds is 3. The topological polar surface area (TPSA) is 15.3 Å². The van der Waals surface area contributed by atoms with Gasteiger partial charge in [0, 0.05) is 36.2 Å². The first-order valence-electron chi connectivity index (χ1n) is 5.74. The van der Waals surface area contributed by atoms with Gasteiger partial charge in [0.05, 0.1) is 6.04 Å². The predicted octanol–water partition coefficient (Wildman–Crippen LogP) is 3.56. The molecule has 1 aromatic carbocycles. The molecule has 2 rings (SSSR count). The Morgan fingerprint density at radius 2 is 1.95 bits per heavy atom. The monoisotopic (exact) mass is 370 g/mol. The molecule has 108 valence electrons. The number of nitrogens with zero attached hydrogens (tertiary/aromatic N) is 1. The minimum Gasteiger partial charge on any atom is -0.314 e. The second kappa shape index (κ2) is 8.93. The Labute approximate surface area is 134 Å². The van der Waals surface area contributed by atoms with Crippen LogP contribution in [0.2, 0.25) is 0 Å². The molecule has 0 aliphatic carbocycles. The first-order chi connectivity index (χ1) is 8.22. The lowest BCUT2D eigenvalue weighted by molar-refractivity contribution is 0.200. The molecule has 0 saturated carbocycles. The zero-order chi connectivity index (χ0) is 12.3. The van der Waals surface area contributed by atoms with Gasteiger partial charge < -0.3 is 5.32 Å². The molecule has 0 radical (unpaired) electrons. The van der Waals surface area contributed by atoms with Gasteiger partial charge in [0.1, 0.15) is 5.82 Å². The van der Waals surface area contributed by atoms with Gasteiger partial charge in [0.2, 0.25) is 0 Å². The van der Waals surface area contributed by atoms with Gasteiger partial charge in [-0.25, -0.2) is 4.39 Å². The van der Waals surface area contributed by atoms with Gasteiger partial charge in [-0.1, -0.05) is 22.0 Å². The van der Waals surface area contributed by atoms with Gasteiger partial charge >= 0.3 is 0 Å². The second-order valence-electron chi connectivity index (χ2n) is 4.13. The molecule has 0 spiro atoms. The summed E-state index contributed by atoms with van der Waals surface area (Å²) in [6, 6.07) is 5.01. The maximum Gasteiger partial charge on any atom is 0.128 e. The number of halogens is 4. The standard InChI is InChI=1S/C13H16BrFN2.2ClH/c1-2-13(17-7-5-16-6-8-17)11-9-10(14)3-4-12(11)15;;/h2-4,9,13,16H,1,5-8H2;2*1H/t13-;;/m1../s1. The minimum atomic E-state index is -0.170. The highest BCUT2D eigenvalue weighted by Crippen LogP contribution is 2.27. The number of nitrogens with one attached hydrogen (secondary N) is 1. The highest BCUT2D eigenvalue weighted by atomic mass is 79.9. The van der Waals surface area contributed by atoms with Crippen LogP contribution in [0.3, 0.4) is 0 Å². The summed E-state index contributed by atoms with van der Waals surface area (Å²) in [6.07, 6.45) is 1.82. The van der Waals surface area contributed by atoms with Crippen LogP contribution < -0.4 is 5.32 Å². The number of piperazine rings is 1. The van der Waals surface area contributed by atoms with Crippen LogP contribution in [0.15, 0.2) is 35.3 Å². The number of benzene rings is 1. The van der Waals surface area contributed by atoms with Crippen molar-refractivity contribution in [2.24, 2.45) is 0 Å². The molecule has 0 aromatic heterocycles. The van der Waals surface area contributed by atoms with E-state index in [0.717, 1.165) is 30.7 Å². The minimum absolute atomic E-state index is 0. The molecule has 1 aliphatic rings. The quantitative estimate of drug-likeness (QED) is 0.817. The van der Waals surface area contributed by atoms with Crippen molar-refractivity contribution in [1.29, 1.82) is 0 Å². The van der Waals surface area contributed by atoms with Crippen LogP contribution in [-0.4, -0.2) is 31.1 Å². The fourth-order valence-electron chi connectivity index (χ4n) is 2.17. The van der Waals surface area contributed by atoms with Crippen LogP contribution in [0, 0.1) is 5.82 Å². The Balaban J connectivity index is 0.00000162. The van der Waals surface area contributed by atoms with E-state index in [9.17, 15) is 4.39 Å². The van der Waals surface area contributed by atoms with Crippen molar-refractivity contribution in [3.63, 3.8) is 0 Å². The highest BCUT2D eigenvalue weighted by Gasteiger charge is 2.22. The van der Waals surface area contributed by atoms with E-state index in [1.807, 2.05) is 12.1 Å². The zero-order valence-electron chi connectivity index (χ0n) is 10.4. The SMILES string of the molecule is C=C[C@H](c1cc(Br)ccc1F)N1CCNCC1.Cl.Cl.